The highest BCUT2D eigenvalue weighted by molar-refractivity contribution is 7.80. The molecule has 4 rings (SSSR count). The number of hydrogen-bond acceptors (Lipinski definition) is 4. The van der Waals surface area contributed by atoms with Crippen LogP contribution < -0.4 is 15.5 Å². The summed E-state index contributed by atoms with van der Waals surface area (Å²) in [6, 6.07) is 24.5. The van der Waals surface area contributed by atoms with Crippen LogP contribution in [-0.4, -0.2) is 42.1 Å². The maximum atomic E-state index is 13.9. The Labute approximate surface area is 204 Å². The van der Waals surface area contributed by atoms with E-state index in [1.807, 2.05) is 66.7 Å². The Morgan fingerprint density at radius 1 is 0.912 bits per heavy atom. The number of halogens is 1. The normalized spacial score (nSPS) is 14.2. The number of carbonyl (C=O) groups is 1. The number of thiocarbonyl (C=S) groups is 1. The van der Waals surface area contributed by atoms with E-state index < -0.39 is 0 Å². The van der Waals surface area contributed by atoms with Gasteiger partial charge in [0.15, 0.2) is 5.11 Å². The van der Waals surface area contributed by atoms with Crippen molar-refractivity contribution in [1.82, 2.24) is 10.2 Å². The van der Waals surface area contributed by atoms with Crippen molar-refractivity contribution < 1.29 is 9.18 Å². The summed E-state index contributed by atoms with van der Waals surface area (Å²) in [6.45, 7) is 4.14. The first-order chi connectivity index (χ1) is 16.6. The van der Waals surface area contributed by atoms with Gasteiger partial charge in [0.05, 0.1) is 0 Å². The van der Waals surface area contributed by atoms with Gasteiger partial charge >= 0.3 is 0 Å². The Morgan fingerprint density at radius 2 is 1.59 bits per heavy atom. The molecule has 34 heavy (non-hydrogen) atoms. The molecule has 0 bridgehead atoms. The zero-order chi connectivity index (χ0) is 23.8. The van der Waals surface area contributed by atoms with Crippen molar-refractivity contribution in [3.05, 3.63) is 102 Å². The molecule has 0 unspecified atom stereocenters. The zero-order valence-electron chi connectivity index (χ0n) is 18.8. The summed E-state index contributed by atoms with van der Waals surface area (Å²) < 4.78 is 13.9. The number of hydrogen-bond donors (Lipinski definition) is 2. The van der Waals surface area contributed by atoms with Crippen LogP contribution in [-0.2, 0) is 11.3 Å². The van der Waals surface area contributed by atoms with Gasteiger partial charge in [0.2, 0.25) is 5.91 Å². The fourth-order valence-corrected chi connectivity index (χ4v) is 4.06. The molecule has 5 nitrogen and oxygen atoms in total. The third-order valence-electron chi connectivity index (χ3n) is 5.68. The first-order valence-corrected chi connectivity index (χ1v) is 11.6. The molecule has 1 aliphatic rings. The SMILES string of the molecule is O=C(/C=C/c1ccccc1)NC(=S)Nc1ccc(N2CCN(Cc3ccccc3F)CC2)cc1. The molecule has 0 aromatic heterocycles. The van der Waals surface area contributed by atoms with E-state index in [-0.39, 0.29) is 16.8 Å². The van der Waals surface area contributed by atoms with Crippen molar-refractivity contribution in [2.75, 3.05) is 36.4 Å². The Hall–Kier alpha value is -3.55. The maximum Gasteiger partial charge on any atom is 0.250 e. The van der Waals surface area contributed by atoms with Crippen LogP contribution >= 0.6 is 12.2 Å². The van der Waals surface area contributed by atoms with Gasteiger partial charge in [-0.05, 0) is 54.2 Å². The summed E-state index contributed by atoms with van der Waals surface area (Å²) in [7, 11) is 0. The minimum absolute atomic E-state index is 0.144. The minimum atomic E-state index is -0.286. The molecular weight excluding hydrogens is 447 g/mol. The molecule has 1 aliphatic heterocycles. The van der Waals surface area contributed by atoms with E-state index in [1.165, 1.54) is 12.1 Å². The summed E-state index contributed by atoms with van der Waals surface area (Å²) in [4.78, 5) is 16.7. The summed E-state index contributed by atoms with van der Waals surface area (Å²) in [5, 5.41) is 5.95. The third kappa shape index (κ3) is 6.73. The smallest absolute Gasteiger partial charge is 0.250 e. The quantitative estimate of drug-likeness (QED) is 0.402. The number of nitrogens with zero attached hydrogens (tertiary/aromatic N) is 2. The van der Waals surface area contributed by atoms with Crippen LogP contribution in [0.3, 0.4) is 0 Å². The molecule has 1 amide bonds. The molecule has 1 saturated heterocycles. The van der Waals surface area contributed by atoms with E-state index in [4.69, 9.17) is 12.2 Å². The molecule has 3 aromatic carbocycles. The van der Waals surface area contributed by atoms with Crippen molar-refractivity contribution >= 4 is 40.7 Å². The van der Waals surface area contributed by atoms with E-state index in [9.17, 15) is 9.18 Å². The molecule has 0 aliphatic carbocycles. The van der Waals surface area contributed by atoms with Gasteiger partial charge in [0, 0.05) is 55.7 Å². The Balaban J connectivity index is 1.23. The fourth-order valence-electron chi connectivity index (χ4n) is 3.84. The average Bonchev–Trinajstić information content (AvgIpc) is 2.86. The summed E-state index contributed by atoms with van der Waals surface area (Å²) in [5.41, 5.74) is 3.61. The van der Waals surface area contributed by atoms with E-state index in [0.29, 0.717) is 6.54 Å². The Morgan fingerprint density at radius 3 is 2.29 bits per heavy atom. The van der Waals surface area contributed by atoms with Crippen molar-refractivity contribution in [2.45, 2.75) is 6.54 Å². The zero-order valence-corrected chi connectivity index (χ0v) is 19.6. The first kappa shape index (κ1) is 23.6. The maximum absolute atomic E-state index is 13.9. The highest BCUT2D eigenvalue weighted by Crippen LogP contribution is 2.20. The van der Waals surface area contributed by atoms with E-state index in [0.717, 1.165) is 48.7 Å². The number of rotatable bonds is 6. The number of carbonyl (C=O) groups excluding carboxylic acids is 1. The molecule has 7 heteroatoms. The number of nitrogens with one attached hydrogen (secondary N) is 2. The average molecular weight is 475 g/mol. The highest BCUT2D eigenvalue weighted by atomic mass is 32.1. The number of piperazine rings is 1. The van der Waals surface area contributed by atoms with Gasteiger partial charge in [-0.1, -0.05) is 48.5 Å². The number of anilines is 2. The van der Waals surface area contributed by atoms with E-state index in [2.05, 4.69) is 20.4 Å². The van der Waals surface area contributed by atoms with Crippen molar-refractivity contribution in [3.63, 3.8) is 0 Å². The van der Waals surface area contributed by atoms with Crippen LogP contribution in [0.15, 0.2) is 84.9 Å². The standard InChI is InChI=1S/C27H27FN4OS/c28-25-9-5-4-8-22(25)20-31-16-18-32(19-17-31)24-13-11-23(12-14-24)29-27(34)30-26(33)15-10-21-6-2-1-3-7-21/h1-15H,16-20H2,(H2,29,30,33,34)/b15-10+. The van der Waals surface area contributed by atoms with E-state index in [1.54, 1.807) is 12.1 Å². The summed E-state index contributed by atoms with van der Waals surface area (Å²) in [5.74, 6) is -0.430. The summed E-state index contributed by atoms with van der Waals surface area (Å²) in [6.07, 6.45) is 3.20. The molecule has 1 fully saturated rings. The van der Waals surface area contributed by atoms with Crippen molar-refractivity contribution in [3.8, 4) is 0 Å². The van der Waals surface area contributed by atoms with Crippen LogP contribution in [0.1, 0.15) is 11.1 Å². The Kier molecular flexibility index (Phi) is 8.01. The lowest BCUT2D eigenvalue weighted by atomic mass is 10.1. The first-order valence-electron chi connectivity index (χ1n) is 11.2. The predicted octanol–water partition coefficient (Wildman–Crippen LogP) is 4.67. The monoisotopic (exact) mass is 474 g/mol. The van der Waals surface area contributed by atoms with Gasteiger partial charge in [-0.15, -0.1) is 0 Å². The van der Waals surface area contributed by atoms with Crippen LogP contribution in [0, 0.1) is 5.82 Å². The molecule has 0 spiro atoms. The minimum Gasteiger partial charge on any atom is -0.369 e. The van der Waals surface area contributed by atoms with Crippen molar-refractivity contribution in [1.29, 1.82) is 0 Å². The van der Waals surface area contributed by atoms with Gasteiger partial charge in [-0.2, -0.15) is 0 Å². The lowest BCUT2D eigenvalue weighted by Crippen LogP contribution is -2.46. The van der Waals surface area contributed by atoms with Crippen molar-refractivity contribution in [2.24, 2.45) is 0 Å². The van der Waals surface area contributed by atoms with Crippen LogP contribution in [0.25, 0.3) is 6.08 Å². The fraction of sp³-hybridized carbons (Fsp3) is 0.185. The largest absolute Gasteiger partial charge is 0.369 e. The number of amides is 1. The van der Waals surface area contributed by atoms with Crippen LogP contribution in [0.2, 0.25) is 0 Å². The topological polar surface area (TPSA) is 47.6 Å². The molecule has 0 saturated carbocycles. The second kappa shape index (κ2) is 11.5. The highest BCUT2D eigenvalue weighted by Gasteiger charge is 2.18. The van der Waals surface area contributed by atoms with Gasteiger partial charge in [-0.25, -0.2) is 4.39 Å². The molecular formula is C27H27FN4OS. The number of benzene rings is 3. The van der Waals surface area contributed by atoms with E-state index >= 15 is 0 Å². The third-order valence-corrected chi connectivity index (χ3v) is 5.88. The van der Waals surface area contributed by atoms with Gasteiger partial charge in [0.1, 0.15) is 5.82 Å². The predicted molar refractivity (Wildman–Crippen MR) is 140 cm³/mol. The van der Waals surface area contributed by atoms with Crippen LogP contribution in [0.5, 0.6) is 0 Å². The summed E-state index contributed by atoms with van der Waals surface area (Å²) >= 11 is 5.26. The van der Waals surface area contributed by atoms with Crippen LogP contribution in [0.4, 0.5) is 15.8 Å². The lowest BCUT2D eigenvalue weighted by Gasteiger charge is -2.36. The van der Waals surface area contributed by atoms with Gasteiger partial charge in [0.25, 0.3) is 0 Å². The molecule has 2 N–H and O–H groups in total. The molecule has 3 aromatic rings. The molecule has 0 atom stereocenters. The second-order valence-electron chi connectivity index (χ2n) is 8.09. The molecule has 0 radical (unpaired) electrons. The van der Waals surface area contributed by atoms with Gasteiger partial charge < -0.3 is 10.2 Å². The molecule has 1 heterocycles. The second-order valence-corrected chi connectivity index (χ2v) is 8.50. The molecule has 174 valence electrons. The van der Waals surface area contributed by atoms with Gasteiger partial charge in [-0.3, -0.25) is 15.0 Å². The lowest BCUT2D eigenvalue weighted by molar-refractivity contribution is -0.115. The Bertz CT molecular complexity index is 1140.